The van der Waals surface area contributed by atoms with Gasteiger partial charge in [0.05, 0.1) is 0 Å². The van der Waals surface area contributed by atoms with Gasteiger partial charge in [0.25, 0.3) is 0 Å². The number of benzene rings is 2. The van der Waals surface area contributed by atoms with Crippen molar-refractivity contribution in [3.8, 4) is 0 Å². The second kappa shape index (κ2) is 8.23. The van der Waals surface area contributed by atoms with Gasteiger partial charge in [-0.2, -0.15) is 0 Å². The summed E-state index contributed by atoms with van der Waals surface area (Å²) in [5.41, 5.74) is 0.694. The lowest BCUT2D eigenvalue weighted by Gasteiger charge is -2.46. The lowest BCUT2D eigenvalue weighted by Crippen LogP contribution is -2.72. The summed E-state index contributed by atoms with van der Waals surface area (Å²) in [5, 5.41) is 13.9. The van der Waals surface area contributed by atoms with Gasteiger partial charge in [-0.25, -0.2) is 9.18 Å². The minimum atomic E-state index is -1.21. The Morgan fingerprint density at radius 1 is 1.11 bits per heavy atom. The van der Waals surface area contributed by atoms with Gasteiger partial charge in [-0.1, -0.05) is 61.2 Å². The number of urea groups is 1. The van der Waals surface area contributed by atoms with Crippen molar-refractivity contribution in [2.45, 2.75) is 49.6 Å². The van der Waals surface area contributed by atoms with Crippen LogP contribution in [0.3, 0.4) is 0 Å². The maximum Gasteiger partial charge on any atom is 0.321 e. The van der Waals surface area contributed by atoms with Crippen molar-refractivity contribution in [2.75, 3.05) is 11.9 Å². The Labute approximate surface area is 169 Å². The molecule has 5 nitrogen and oxygen atoms in total. The Morgan fingerprint density at radius 3 is 2.64 bits per heavy atom. The molecule has 1 aliphatic carbocycles. The molecule has 2 fully saturated rings. The van der Waals surface area contributed by atoms with E-state index in [1.807, 2.05) is 42.5 Å². The molecule has 0 aromatic heterocycles. The van der Waals surface area contributed by atoms with Gasteiger partial charge >= 0.3 is 6.03 Å². The summed E-state index contributed by atoms with van der Waals surface area (Å²) in [6.45, 7) is 0.105. The molecule has 0 spiro atoms. The molecule has 4 N–H and O–H groups in total. The first-order valence-corrected chi connectivity index (χ1v) is 10.3. The van der Waals surface area contributed by atoms with Crippen molar-refractivity contribution in [2.24, 2.45) is 5.92 Å². The van der Waals surface area contributed by atoms with Gasteiger partial charge in [0.15, 0.2) is 0 Å². The number of hydrogen-bond acceptors (Lipinski definition) is 3. The van der Waals surface area contributed by atoms with E-state index in [0.29, 0.717) is 5.69 Å². The van der Waals surface area contributed by atoms with Crippen LogP contribution in [0.1, 0.15) is 32.1 Å². The minimum Gasteiger partial charge on any atom is -0.310 e. The Hall–Kier alpha value is -1.89. The van der Waals surface area contributed by atoms with Crippen LogP contribution in [0.2, 0.25) is 0 Å². The van der Waals surface area contributed by atoms with Crippen molar-refractivity contribution in [1.29, 1.82) is 0 Å². The van der Waals surface area contributed by atoms with Crippen molar-refractivity contribution in [3.63, 3.8) is 0 Å². The molecular formula is C21H26ClFN4O. The first-order chi connectivity index (χ1) is 13.5. The number of anilines is 1. The van der Waals surface area contributed by atoms with Gasteiger partial charge in [-0.15, -0.1) is 0 Å². The summed E-state index contributed by atoms with van der Waals surface area (Å²) < 4.78 is 14.6. The van der Waals surface area contributed by atoms with Crippen LogP contribution in [-0.4, -0.2) is 30.0 Å². The zero-order valence-electron chi connectivity index (χ0n) is 15.7. The predicted octanol–water partition coefficient (Wildman–Crippen LogP) is 4.29. The highest BCUT2D eigenvalue weighted by Crippen LogP contribution is 2.39. The summed E-state index contributed by atoms with van der Waals surface area (Å²) in [5.74, 6) is 0.0628. The molecule has 1 saturated carbocycles. The summed E-state index contributed by atoms with van der Waals surface area (Å²) >= 11 is 6.71. The molecule has 4 rings (SSSR count). The van der Waals surface area contributed by atoms with Crippen LogP contribution in [0.5, 0.6) is 0 Å². The topological polar surface area (TPSA) is 65.2 Å². The van der Waals surface area contributed by atoms with E-state index >= 15 is 0 Å². The minimum absolute atomic E-state index is 0.0628. The van der Waals surface area contributed by atoms with Crippen LogP contribution in [0.4, 0.5) is 14.9 Å². The molecule has 2 aliphatic rings. The summed E-state index contributed by atoms with van der Waals surface area (Å²) in [4.78, 5) is 11.3. The van der Waals surface area contributed by atoms with Gasteiger partial charge in [0.1, 0.15) is 17.5 Å². The monoisotopic (exact) mass is 404 g/mol. The second-order valence-electron chi connectivity index (χ2n) is 7.72. The molecule has 0 radical (unpaired) electrons. The molecule has 2 amide bonds. The molecule has 1 heterocycles. The zero-order valence-corrected chi connectivity index (χ0v) is 16.4. The molecule has 0 bridgehead atoms. The molecule has 150 valence electrons. The van der Waals surface area contributed by atoms with Crippen molar-refractivity contribution < 1.29 is 9.18 Å². The average molecular weight is 405 g/mol. The molecule has 3 atom stereocenters. The second-order valence-corrected chi connectivity index (χ2v) is 8.34. The normalized spacial score (nSPS) is 28.8. The Balaban J connectivity index is 1.39. The van der Waals surface area contributed by atoms with E-state index in [1.165, 1.54) is 6.42 Å². The van der Waals surface area contributed by atoms with E-state index in [-0.39, 0.29) is 18.5 Å². The van der Waals surface area contributed by atoms with Crippen molar-refractivity contribution >= 4 is 34.1 Å². The van der Waals surface area contributed by atoms with Crippen LogP contribution in [-0.2, 0) is 0 Å². The van der Waals surface area contributed by atoms with E-state index in [4.69, 9.17) is 11.6 Å². The lowest BCUT2D eigenvalue weighted by molar-refractivity contribution is 0.0707. The molecule has 2 aromatic rings. The summed E-state index contributed by atoms with van der Waals surface area (Å²) in [6.07, 6.45) is 3.34. The summed E-state index contributed by atoms with van der Waals surface area (Å²) in [6, 6.07) is 13.3. The maximum absolute atomic E-state index is 14.6. The highest BCUT2D eigenvalue weighted by molar-refractivity contribution is 6.24. The first-order valence-electron chi connectivity index (χ1n) is 9.95. The van der Waals surface area contributed by atoms with Crippen molar-refractivity contribution in [3.05, 3.63) is 42.5 Å². The largest absolute Gasteiger partial charge is 0.321 e. The number of fused-ring (bicyclic) bond motifs is 1. The maximum atomic E-state index is 14.6. The number of amides is 2. The highest BCUT2D eigenvalue weighted by Gasteiger charge is 2.48. The van der Waals surface area contributed by atoms with E-state index in [2.05, 4.69) is 21.3 Å². The summed E-state index contributed by atoms with van der Waals surface area (Å²) in [7, 11) is 0. The van der Waals surface area contributed by atoms with E-state index in [1.54, 1.807) is 0 Å². The number of rotatable bonds is 3. The standard InChI is InChI=1S/C21H26ClFN4O/c22-21(16-8-2-1-3-9-16)18(23)13-24-19(27-21)26-20(28)25-17-11-10-14-6-4-5-7-15(14)12-17/h4-7,10-12,16,18-19,24,27H,1-3,8-9,13H2,(H2,25,26,28). The molecule has 1 saturated heterocycles. The molecule has 7 heteroatoms. The number of nitrogens with one attached hydrogen (secondary N) is 4. The molecule has 3 unspecified atom stereocenters. The molecule has 1 aliphatic heterocycles. The zero-order chi connectivity index (χ0) is 19.6. The number of alkyl halides is 2. The fourth-order valence-electron chi connectivity index (χ4n) is 4.28. The first kappa shape index (κ1) is 19.4. The number of hydrogen-bond donors (Lipinski definition) is 4. The molecular weight excluding hydrogens is 379 g/mol. The number of carbonyl (C=O) groups is 1. The van der Waals surface area contributed by atoms with Crippen LogP contribution < -0.4 is 21.3 Å². The lowest BCUT2D eigenvalue weighted by atomic mass is 9.81. The third-order valence-corrected chi connectivity index (χ3v) is 6.46. The average Bonchev–Trinajstić information content (AvgIpc) is 2.71. The highest BCUT2D eigenvalue weighted by atomic mass is 35.5. The van der Waals surface area contributed by atoms with Crippen LogP contribution in [0.15, 0.2) is 42.5 Å². The smallest absolute Gasteiger partial charge is 0.310 e. The predicted molar refractivity (Wildman–Crippen MR) is 111 cm³/mol. The van der Waals surface area contributed by atoms with Crippen molar-refractivity contribution in [1.82, 2.24) is 16.0 Å². The van der Waals surface area contributed by atoms with Gasteiger partial charge in [0, 0.05) is 12.2 Å². The van der Waals surface area contributed by atoms with E-state index in [0.717, 1.165) is 36.5 Å². The van der Waals surface area contributed by atoms with E-state index < -0.39 is 17.5 Å². The van der Waals surface area contributed by atoms with Gasteiger partial charge in [-0.05, 0) is 41.7 Å². The Bertz CT molecular complexity index is 844. The number of carbonyl (C=O) groups excluding carboxylic acids is 1. The Kier molecular flexibility index (Phi) is 5.71. The van der Waals surface area contributed by atoms with E-state index in [9.17, 15) is 9.18 Å². The van der Waals surface area contributed by atoms with Gasteiger partial charge < -0.3 is 10.6 Å². The third-order valence-electron chi connectivity index (χ3n) is 5.80. The molecule has 2 aromatic carbocycles. The van der Waals surface area contributed by atoms with Crippen LogP contribution in [0.25, 0.3) is 10.8 Å². The van der Waals surface area contributed by atoms with Gasteiger partial charge in [-0.3, -0.25) is 10.6 Å². The Morgan fingerprint density at radius 2 is 1.86 bits per heavy atom. The molecule has 28 heavy (non-hydrogen) atoms. The fourth-order valence-corrected chi connectivity index (χ4v) is 4.69. The quantitative estimate of drug-likeness (QED) is 0.455. The third kappa shape index (κ3) is 4.09. The SMILES string of the molecule is O=C(Nc1ccc2ccccc2c1)NC1NCC(F)C(Cl)(C2CCCCC2)N1. The van der Waals surface area contributed by atoms with Gasteiger partial charge in [0.2, 0.25) is 0 Å². The van der Waals surface area contributed by atoms with Crippen LogP contribution in [0, 0.1) is 5.92 Å². The number of halogens is 2. The fraction of sp³-hybridized carbons (Fsp3) is 0.476. The van der Waals surface area contributed by atoms with Crippen LogP contribution >= 0.6 is 11.6 Å².